The van der Waals surface area contributed by atoms with Crippen molar-refractivity contribution >= 4 is 11.7 Å². The van der Waals surface area contributed by atoms with E-state index in [2.05, 4.69) is 19.9 Å². The molecule has 4 heterocycles. The van der Waals surface area contributed by atoms with Crippen molar-refractivity contribution in [2.75, 3.05) is 37.9 Å². The summed E-state index contributed by atoms with van der Waals surface area (Å²) >= 11 is 0. The molecule has 2 aromatic heterocycles. The molecule has 0 radical (unpaired) electrons. The van der Waals surface area contributed by atoms with E-state index in [0.717, 1.165) is 36.0 Å². The van der Waals surface area contributed by atoms with Crippen molar-refractivity contribution in [1.82, 2.24) is 24.4 Å². The van der Waals surface area contributed by atoms with Crippen LogP contribution < -0.4 is 14.4 Å². The smallest absolute Gasteiger partial charge is 0.231 e. The Balaban J connectivity index is 1.23. The van der Waals surface area contributed by atoms with Crippen LogP contribution in [0.2, 0.25) is 0 Å². The molecule has 5 rings (SSSR count). The fourth-order valence-corrected chi connectivity index (χ4v) is 3.75. The lowest BCUT2D eigenvalue weighted by molar-refractivity contribution is -0.130. The highest BCUT2D eigenvalue weighted by Crippen LogP contribution is 2.32. The molecule has 0 bridgehead atoms. The van der Waals surface area contributed by atoms with Crippen molar-refractivity contribution in [1.29, 1.82) is 0 Å². The number of hydrogen-bond acceptors (Lipinski definition) is 7. The summed E-state index contributed by atoms with van der Waals surface area (Å²) in [7, 11) is 0. The topological polar surface area (TPSA) is 85.6 Å². The standard InChI is InChI=1S/C21H22N6O3/c1-15-23-19(12-20(24-15)27-5-4-22-13-27)25-6-8-26(9-7-25)21(28)11-16-2-3-17-18(10-16)30-14-29-17/h2-5,10,12-13H,6-9,11,14H2,1H3. The summed E-state index contributed by atoms with van der Waals surface area (Å²) < 4.78 is 12.6. The monoisotopic (exact) mass is 406 g/mol. The van der Waals surface area contributed by atoms with E-state index >= 15 is 0 Å². The molecule has 0 unspecified atom stereocenters. The number of carbonyl (C=O) groups is 1. The maximum Gasteiger partial charge on any atom is 0.231 e. The predicted molar refractivity (Wildman–Crippen MR) is 109 cm³/mol. The van der Waals surface area contributed by atoms with Crippen LogP contribution in [-0.2, 0) is 11.2 Å². The lowest BCUT2D eigenvalue weighted by Crippen LogP contribution is -2.49. The van der Waals surface area contributed by atoms with Crippen molar-refractivity contribution in [3.63, 3.8) is 0 Å². The molecule has 0 saturated carbocycles. The minimum Gasteiger partial charge on any atom is -0.454 e. The van der Waals surface area contributed by atoms with Crippen molar-refractivity contribution < 1.29 is 14.3 Å². The van der Waals surface area contributed by atoms with Crippen LogP contribution in [0, 0.1) is 6.92 Å². The number of benzene rings is 1. The second-order valence-corrected chi connectivity index (χ2v) is 7.33. The van der Waals surface area contributed by atoms with Gasteiger partial charge in [-0.05, 0) is 24.6 Å². The average Bonchev–Trinajstić information content (AvgIpc) is 3.45. The van der Waals surface area contributed by atoms with E-state index in [1.807, 2.05) is 46.9 Å². The van der Waals surface area contributed by atoms with Gasteiger partial charge in [-0.1, -0.05) is 6.07 Å². The van der Waals surface area contributed by atoms with Crippen LogP contribution in [0.15, 0.2) is 43.0 Å². The summed E-state index contributed by atoms with van der Waals surface area (Å²) in [6.07, 6.45) is 5.66. The minimum atomic E-state index is 0.117. The highest BCUT2D eigenvalue weighted by Gasteiger charge is 2.23. The first-order chi connectivity index (χ1) is 14.7. The van der Waals surface area contributed by atoms with Gasteiger partial charge in [-0.15, -0.1) is 0 Å². The Labute approximate surface area is 173 Å². The van der Waals surface area contributed by atoms with Gasteiger partial charge >= 0.3 is 0 Å². The van der Waals surface area contributed by atoms with Gasteiger partial charge < -0.3 is 19.3 Å². The van der Waals surface area contributed by atoms with Gasteiger partial charge in [0.2, 0.25) is 12.7 Å². The molecule has 1 fully saturated rings. The molecular formula is C21H22N6O3. The Hall–Kier alpha value is -3.62. The molecule has 0 aliphatic carbocycles. The van der Waals surface area contributed by atoms with Crippen LogP contribution in [0.4, 0.5) is 5.82 Å². The zero-order valence-electron chi connectivity index (χ0n) is 16.7. The van der Waals surface area contributed by atoms with Gasteiger partial charge in [-0.25, -0.2) is 15.0 Å². The van der Waals surface area contributed by atoms with E-state index in [-0.39, 0.29) is 12.7 Å². The molecule has 0 atom stereocenters. The Morgan fingerprint density at radius 2 is 1.83 bits per heavy atom. The van der Waals surface area contributed by atoms with Gasteiger partial charge in [-0.3, -0.25) is 9.36 Å². The van der Waals surface area contributed by atoms with Crippen molar-refractivity contribution in [3.05, 3.63) is 54.4 Å². The maximum absolute atomic E-state index is 12.8. The number of piperazine rings is 1. The number of imidazole rings is 1. The number of hydrogen-bond donors (Lipinski definition) is 0. The van der Waals surface area contributed by atoms with Gasteiger partial charge in [-0.2, -0.15) is 0 Å². The molecule has 9 nitrogen and oxygen atoms in total. The van der Waals surface area contributed by atoms with E-state index in [1.165, 1.54) is 0 Å². The zero-order chi connectivity index (χ0) is 20.5. The fourth-order valence-electron chi connectivity index (χ4n) is 3.75. The number of carbonyl (C=O) groups excluding carboxylic acids is 1. The first kappa shape index (κ1) is 18.4. The molecule has 1 amide bonds. The van der Waals surface area contributed by atoms with E-state index in [1.54, 1.807) is 12.5 Å². The van der Waals surface area contributed by atoms with Gasteiger partial charge in [0.1, 0.15) is 23.8 Å². The van der Waals surface area contributed by atoms with E-state index in [4.69, 9.17) is 9.47 Å². The van der Waals surface area contributed by atoms with Crippen molar-refractivity contribution in [3.8, 4) is 17.3 Å². The van der Waals surface area contributed by atoms with Gasteiger partial charge in [0.25, 0.3) is 0 Å². The number of rotatable bonds is 4. The average molecular weight is 406 g/mol. The summed E-state index contributed by atoms with van der Waals surface area (Å²) in [6, 6.07) is 7.62. The van der Waals surface area contributed by atoms with Crippen molar-refractivity contribution in [2.45, 2.75) is 13.3 Å². The number of amides is 1. The molecule has 9 heteroatoms. The summed E-state index contributed by atoms with van der Waals surface area (Å²) in [5.74, 6) is 3.92. The zero-order valence-corrected chi connectivity index (χ0v) is 16.7. The summed E-state index contributed by atoms with van der Waals surface area (Å²) in [6.45, 7) is 4.90. The number of nitrogens with zero attached hydrogens (tertiary/aromatic N) is 6. The molecule has 3 aromatic rings. The summed E-state index contributed by atoms with van der Waals surface area (Å²) in [5.41, 5.74) is 0.933. The predicted octanol–water partition coefficient (Wildman–Crippen LogP) is 1.59. The van der Waals surface area contributed by atoms with Crippen molar-refractivity contribution in [2.24, 2.45) is 0 Å². The Morgan fingerprint density at radius 3 is 2.63 bits per heavy atom. The second-order valence-electron chi connectivity index (χ2n) is 7.33. The van der Waals surface area contributed by atoms with E-state index in [9.17, 15) is 4.79 Å². The molecule has 154 valence electrons. The molecular weight excluding hydrogens is 384 g/mol. The Kier molecular flexibility index (Phi) is 4.70. The van der Waals surface area contributed by atoms with Crippen LogP contribution in [0.3, 0.4) is 0 Å². The van der Waals surface area contributed by atoms with E-state index in [0.29, 0.717) is 31.1 Å². The second kappa shape index (κ2) is 7.66. The number of ether oxygens (including phenoxy) is 2. The molecule has 1 aromatic carbocycles. The third-order valence-electron chi connectivity index (χ3n) is 5.33. The maximum atomic E-state index is 12.8. The van der Waals surface area contributed by atoms with E-state index < -0.39 is 0 Å². The number of aryl methyl sites for hydroxylation is 1. The molecule has 30 heavy (non-hydrogen) atoms. The minimum absolute atomic E-state index is 0.117. The normalized spacial score (nSPS) is 15.5. The quantitative estimate of drug-likeness (QED) is 0.650. The number of fused-ring (bicyclic) bond motifs is 1. The third-order valence-corrected chi connectivity index (χ3v) is 5.33. The van der Waals surface area contributed by atoms with Crippen LogP contribution in [0.1, 0.15) is 11.4 Å². The van der Waals surface area contributed by atoms with Gasteiger partial charge in [0.05, 0.1) is 6.42 Å². The first-order valence-corrected chi connectivity index (χ1v) is 9.91. The van der Waals surface area contributed by atoms with Gasteiger partial charge in [0, 0.05) is 44.6 Å². The van der Waals surface area contributed by atoms with Crippen LogP contribution in [0.5, 0.6) is 11.5 Å². The highest BCUT2D eigenvalue weighted by atomic mass is 16.7. The SMILES string of the molecule is Cc1nc(N2CCN(C(=O)Cc3ccc4c(c3)OCO4)CC2)cc(-n2ccnc2)n1. The molecule has 2 aliphatic heterocycles. The molecule has 2 aliphatic rings. The number of aromatic nitrogens is 4. The molecule has 0 N–H and O–H groups in total. The van der Waals surface area contributed by atoms with Crippen LogP contribution in [-0.4, -0.2) is 63.3 Å². The number of anilines is 1. The fraction of sp³-hybridized carbons (Fsp3) is 0.333. The van der Waals surface area contributed by atoms with Crippen LogP contribution in [0.25, 0.3) is 5.82 Å². The third kappa shape index (κ3) is 3.66. The summed E-state index contributed by atoms with van der Waals surface area (Å²) in [5, 5.41) is 0. The van der Waals surface area contributed by atoms with Crippen LogP contribution >= 0.6 is 0 Å². The highest BCUT2D eigenvalue weighted by molar-refractivity contribution is 5.79. The van der Waals surface area contributed by atoms with Gasteiger partial charge in [0.15, 0.2) is 11.5 Å². The lowest BCUT2D eigenvalue weighted by atomic mass is 10.1. The largest absolute Gasteiger partial charge is 0.454 e. The Morgan fingerprint density at radius 1 is 1.03 bits per heavy atom. The Bertz CT molecular complexity index is 1060. The molecule has 0 spiro atoms. The lowest BCUT2D eigenvalue weighted by Gasteiger charge is -2.35. The first-order valence-electron chi connectivity index (χ1n) is 9.91. The summed E-state index contributed by atoms with van der Waals surface area (Å²) in [4.78, 5) is 30.0. The molecule has 1 saturated heterocycles.